The number of aromatic nitrogens is 2. The van der Waals surface area contributed by atoms with Gasteiger partial charge in [-0.15, -0.1) is 0 Å². The first-order valence-corrected chi connectivity index (χ1v) is 10.8. The van der Waals surface area contributed by atoms with Crippen molar-refractivity contribution in [2.45, 2.75) is 6.61 Å². The van der Waals surface area contributed by atoms with E-state index in [1.165, 1.54) is 23.5 Å². The van der Waals surface area contributed by atoms with Crippen LogP contribution in [0.15, 0.2) is 76.0 Å². The summed E-state index contributed by atoms with van der Waals surface area (Å²) in [6, 6.07) is 19.5. The molecular formula is C23H14BrFN2O2S. The van der Waals surface area contributed by atoms with Gasteiger partial charge in [0, 0.05) is 0 Å². The average molecular weight is 481 g/mol. The second-order valence-electron chi connectivity index (χ2n) is 6.74. The molecule has 0 saturated heterocycles. The van der Waals surface area contributed by atoms with Gasteiger partial charge in [0.05, 0.1) is 20.0 Å². The largest absolute Gasteiger partial charge is 0.488 e. The standard InChI is InChI=1S/C23H14BrFN2O2S/c24-17-11-15(7-10-20(17)29-13-14-5-8-16(25)9-6-14)12-21-22(28)27-19-4-2-1-3-18(19)26-23(27)30-21/h1-12H,13H2/b21-12-. The fourth-order valence-corrected chi connectivity index (χ4v) is 4.73. The van der Waals surface area contributed by atoms with Crippen molar-refractivity contribution in [1.82, 2.24) is 9.38 Å². The fraction of sp³-hybridized carbons (Fsp3) is 0.0435. The molecule has 0 radical (unpaired) electrons. The Morgan fingerprint density at radius 3 is 2.70 bits per heavy atom. The van der Waals surface area contributed by atoms with Gasteiger partial charge in [-0.1, -0.05) is 41.7 Å². The molecule has 0 atom stereocenters. The van der Waals surface area contributed by atoms with E-state index in [2.05, 4.69) is 20.9 Å². The van der Waals surface area contributed by atoms with E-state index in [4.69, 9.17) is 4.74 Å². The van der Waals surface area contributed by atoms with Crippen LogP contribution in [0.2, 0.25) is 0 Å². The lowest BCUT2D eigenvalue weighted by atomic mass is 10.2. The number of fused-ring (bicyclic) bond motifs is 3. The number of ether oxygens (including phenoxy) is 1. The Balaban J connectivity index is 1.44. The van der Waals surface area contributed by atoms with Crippen molar-refractivity contribution in [2.24, 2.45) is 0 Å². The van der Waals surface area contributed by atoms with Crippen molar-refractivity contribution < 1.29 is 9.13 Å². The highest BCUT2D eigenvalue weighted by Gasteiger charge is 2.11. The van der Waals surface area contributed by atoms with E-state index < -0.39 is 0 Å². The van der Waals surface area contributed by atoms with Gasteiger partial charge in [-0.05, 0) is 69.5 Å². The highest BCUT2D eigenvalue weighted by atomic mass is 79.9. The zero-order valence-electron chi connectivity index (χ0n) is 15.5. The Morgan fingerprint density at radius 1 is 1.10 bits per heavy atom. The van der Waals surface area contributed by atoms with Gasteiger partial charge in [0.1, 0.15) is 18.2 Å². The molecular weight excluding hydrogens is 467 g/mol. The van der Waals surface area contributed by atoms with Gasteiger partial charge in [-0.2, -0.15) is 0 Å². The third-order valence-corrected chi connectivity index (χ3v) is 6.29. The smallest absolute Gasteiger partial charge is 0.274 e. The topological polar surface area (TPSA) is 43.6 Å². The Morgan fingerprint density at radius 2 is 1.90 bits per heavy atom. The first-order valence-electron chi connectivity index (χ1n) is 9.17. The number of thiazole rings is 1. The first-order chi connectivity index (χ1) is 14.6. The minimum Gasteiger partial charge on any atom is -0.488 e. The van der Waals surface area contributed by atoms with Crippen molar-refractivity contribution in [2.75, 3.05) is 0 Å². The molecule has 4 nitrogen and oxygen atoms in total. The van der Waals surface area contributed by atoms with Crippen LogP contribution in [0, 0.1) is 5.82 Å². The molecule has 7 heteroatoms. The predicted molar refractivity (Wildman–Crippen MR) is 121 cm³/mol. The van der Waals surface area contributed by atoms with Gasteiger partial charge in [-0.3, -0.25) is 4.79 Å². The van der Waals surface area contributed by atoms with E-state index in [1.807, 2.05) is 48.5 Å². The molecule has 0 spiro atoms. The van der Waals surface area contributed by atoms with Crippen LogP contribution in [0.1, 0.15) is 11.1 Å². The van der Waals surface area contributed by atoms with Crippen molar-refractivity contribution >= 4 is 49.3 Å². The number of imidazole rings is 1. The normalized spacial score (nSPS) is 12.1. The minimum absolute atomic E-state index is 0.0727. The van der Waals surface area contributed by atoms with Crippen molar-refractivity contribution in [3.8, 4) is 5.75 Å². The molecule has 0 N–H and O–H groups in total. The minimum atomic E-state index is -0.272. The molecule has 2 heterocycles. The van der Waals surface area contributed by atoms with Gasteiger partial charge < -0.3 is 4.74 Å². The number of halogens is 2. The molecule has 5 aromatic rings. The molecule has 0 fully saturated rings. The number of para-hydroxylation sites is 2. The van der Waals surface area contributed by atoms with Crippen LogP contribution in [0.5, 0.6) is 5.75 Å². The monoisotopic (exact) mass is 480 g/mol. The molecule has 0 aliphatic rings. The lowest BCUT2D eigenvalue weighted by molar-refractivity contribution is 0.304. The Hall–Kier alpha value is -3.03. The molecule has 5 rings (SSSR count). The summed E-state index contributed by atoms with van der Waals surface area (Å²) in [6.07, 6.45) is 1.85. The van der Waals surface area contributed by atoms with Crippen LogP contribution >= 0.6 is 27.3 Å². The summed E-state index contributed by atoms with van der Waals surface area (Å²) in [5.41, 5.74) is 3.32. The SMILES string of the molecule is O=c1/c(=C/c2ccc(OCc3ccc(F)cc3)c(Br)c2)sc2nc3ccccc3n12. The molecule has 3 aromatic carbocycles. The molecule has 0 bridgehead atoms. The van der Waals surface area contributed by atoms with Crippen LogP contribution in [0.4, 0.5) is 4.39 Å². The molecule has 0 amide bonds. The average Bonchev–Trinajstić information content (AvgIpc) is 3.25. The summed E-state index contributed by atoms with van der Waals surface area (Å²) in [5, 5.41) is 0. The summed E-state index contributed by atoms with van der Waals surface area (Å²) in [6.45, 7) is 0.335. The molecule has 0 aliphatic carbocycles. The van der Waals surface area contributed by atoms with Crippen LogP contribution in [-0.4, -0.2) is 9.38 Å². The van der Waals surface area contributed by atoms with E-state index in [1.54, 1.807) is 16.5 Å². The van der Waals surface area contributed by atoms with E-state index in [-0.39, 0.29) is 11.4 Å². The van der Waals surface area contributed by atoms with E-state index in [0.29, 0.717) is 21.8 Å². The van der Waals surface area contributed by atoms with Crippen molar-refractivity contribution in [3.63, 3.8) is 0 Å². The number of benzene rings is 3. The molecule has 0 unspecified atom stereocenters. The maximum atomic E-state index is 13.0. The number of nitrogens with zero attached hydrogens (tertiary/aromatic N) is 2. The second kappa shape index (κ2) is 7.66. The summed E-state index contributed by atoms with van der Waals surface area (Å²) in [5.74, 6) is 0.400. The highest BCUT2D eigenvalue weighted by Crippen LogP contribution is 2.27. The molecule has 2 aromatic heterocycles. The van der Waals surface area contributed by atoms with E-state index in [9.17, 15) is 9.18 Å². The van der Waals surface area contributed by atoms with E-state index >= 15 is 0 Å². The predicted octanol–water partition coefficient (Wildman–Crippen LogP) is 4.94. The third kappa shape index (κ3) is 3.51. The fourth-order valence-electron chi connectivity index (χ4n) is 3.23. The number of rotatable bonds is 4. The summed E-state index contributed by atoms with van der Waals surface area (Å²) in [4.78, 5) is 18.1. The lowest BCUT2D eigenvalue weighted by Crippen LogP contribution is -2.22. The van der Waals surface area contributed by atoms with Gasteiger partial charge >= 0.3 is 0 Å². The third-order valence-electron chi connectivity index (χ3n) is 4.71. The first kappa shape index (κ1) is 19.0. The van der Waals surface area contributed by atoms with Crippen molar-refractivity contribution in [3.05, 3.63) is 103 Å². The summed E-state index contributed by atoms with van der Waals surface area (Å²) >= 11 is 4.90. The van der Waals surface area contributed by atoms with Crippen LogP contribution in [0.3, 0.4) is 0 Å². The Kier molecular flexibility index (Phi) is 4.84. The summed E-state index contributed by atoms with van der Waals surface area (Å²) in [7, 11) is 0. The van der Waals surface area contributed by atoms with Gasteiger partial charge in [0.25, 0.3) is 5.56 Å². The molecule has 148 valence electrons. The van der Waals surface area contributed by atoms with Crippen LogP contribution in [0.25, 0.3) is 22.1 Å². The maximum Gasteiger partial charge on any atom is 0.274 e. The second-order valence-corrected chi connectivity index (χ2v) is 8.60. The molecule has 0 saturated carbocycles. The van der Waals surface area contributed by atoms with E-state index in [0.717, 1.165) is 26.6 Å². The van der Waals surface area contributed by atoms with Crippen LogP contribution in [-0.2, 0) is 6.61 Å². The quantitative estimate of drug-likeness (QED) is 0.366. The zero-order valence-corrected chi connectivity index (χ0v) is 17.9. The Bertz CT molecular complexity index is 1490. The maximum absolute atomic E-state index is 13.0. The Labute approximate surface area is 183 Å². The van der Waals surface area contributed by atoms with Gasteiger partial charge in [0.15, 0.2) is 4.96 Å². The lowest BCUT2D eigenvalue weighted by Gasteiger charge is -2.09. The number of hydrogen-bond acceptors (Lipinski definition) is 4. The molecule has 0 aliphatic heterocycles. The van der Waals surface area contributed by atoms with Gasteiger partial charge in [-0.25, -0.2) is 13.8 Å². The number of hydrogen-bond donors (Lipinski definition) is 0. The zero-order chi connectivity index (χ0) is 20.7. The molecule has 30 heavy (non-hydrogen) atoms. The van der Waals surface area contributed by atoms with Crippen molar-refractivity contribution in [1.29, 1.82) is 0 Å². The van der Waals surface area contributed by atoms with Gasteiger partial charge in [0.2, 0.25) is 0 Å². The van der Waals surface area contributed by atoms with Crippen LogP contribution < -0.4 is 14.8 Å². The highest BCUT2D eigenvalue weighted by molar-refractivity contribution is 9.10. The summed E-state index contributed by atoms with van der Waals surface area (Å²) < 4.78 is 21.9.